The van der Waals surface area contributed by atoms with Gasteiger partial charge in [0.15, 0.2) is 18.1 Å². The molecule has 1 heterocycles. The summed E-state index contributed by atoms with van der Waals surface area (Å²) in [6.07, 6.45) is 1.51. The van der Waals surface area contributed by atoms with Gasteiger partial charge in [-0.05, 0) is 36.4 Å². The Balaban J connectivity index is 1.48. The monoisotopic (exact) mass is 376 g/mol. The Morgan fingerprint density at radius 1 is 1.26 bits per heavy atom. The zero-order valence-electron chi connectivity index (χ0n) is 12.0. The van der Waals surface area contributed by atoms with Gasteiger partial charge >= 0.3 is 0 Å². The SMILES string of the molecule is O=C(CO/N=C\c1ccc2c(c1)OCO2)Nc1cccc(Br)c1. The van der Waals surface area contributed by atoms with Gasteiger partial charge in [-0.2, -0.15) is 0 Å². The van der Waals surface area contributed by atoms with Crippen molar-refractivity contribution in [3.63, 3.8) is 0 Å². The van der Waals surface area contributed by atoms with E-state index >= 15 is 0 Å². The van der Waals surface area contributed by atoms with E-state index in [2.05, 4.69) is 26.4 Å². The Hall–Kier alpha value is -2.54. The molecule has 0 saturated carbocycles. The van der Waals surface area contributed by atoms with Gasteiger partial charge in [0.25, 0.3) is 5.91 Å². The first-order valence-electron chi connectivity index (χ1n) is 6.81. The van der Waals surface area contributed by atoms with Gasteiger partial charge in [-0.3, -0.25) is 4.79 Å². The highest BCUT2D eigenvalue weighted by molar-refractivity contribution is 9.10. The van der Waals surface area contributed by atoms with Gasteiger partial charge in [-0.15, -0.1) is 0 Å². The minimum Gasteiger partial charge on any atom is -0.454 e. The molecule has 0 atom stereocenters. The fourth-order valence-electron chi connectivity index (χ4n) is 1.95. The van der Waals surface area contributed by atoms with E-state index in [4.69, 9.17) is 14.3 Å². The number of oxime groups is 1. The molecule has 1 aliphatic heterocycles. The quantitative estimate of drug-likeness (QED) is 0.642. The van der Waals surface area contributed by atoms with Crippen molar-refractivity contribution in [3.05, 3.63) is 52.5 Å². The summed E-state index contributed by atoms with van der Waals surface area (Å²) in [5, 5.41) is 6.49. The third-order valence-corrected chi connectivity index (χ3v) is 3.47. The number of anilines is 1. The Labute approximate surface area is 141 Å². The van der Waals surface area contributed by atoms with Crippen molar-refractivity contribution in [1.82, 2.24) is 0 Å². The van der Waals surface area contributed by atoms with E-state index in [1.165, 1.54) is 6.21 Å². The number of fused-ring (bicyclic) bond motifs is 1. The van der Waals surface area contributed by atoms with Gasteiger partial charge in [0.05, 0.1) is 6.21 Å². The van der Waals surface area contributed by atoms with Crippen LogP contribution in [-0.2, 0) is 9.63 Å². The number of amides is 1. The maximum Gasteiger partial charge on any atom is 0.265 e. The van der Waals surface area contributed by atoms with Gasteiger partial charge in [0.1, 0.15) is 0 Å². The number of hydrogen-bond acceptors (Lipinski definition) is 5. The largest absolute Gasteiger partial charge is 0.454 e. The molecule has 23 heavy (non-hydrogen) atoms. The van der Waals surface area contributed by atoms with Crippen LogP contribution in [0.25, 0.3) is 0 Å². The predicted molar refractivity (Wildman–Crippen MR) is 88.9 cm³/mol. The highest BCUT2D eigenvalue weighted by Crippen LogP contribution is 2.31. The molecule has 1 amide bonds. The van der Waals surface area contributed by atoms with Crippen LogP contribution in [0.3, 0.4) is 0 Å². The van der Waals surface area contributed by atoms with Crippen molar-refractivity contribution in [3.8, 4) is 11.5 Å². The first kappa shape index (κ1) is 15.4. The van der Waals surface area contributed by atoms with Gasteiger partial charge in [0, 0.05) is 15.7 Å². The van der Waals surface area contributed by atoms with Gasteiger partial charge in [-0.1, -0.05) is 27.2 Å². The molecule has 0 aromatic heterocycles. The van der Waals surface area contributed by atoms with Crippen LogP contribution < -0.4 is 14.8 Å². The first-order valence-corrected chi connectivity index (χ1v) is 7.60. The van der Waals surface area contributed by atoms with E-state index in [-0.39, 0.29) is 19.3 Å². The molecular formula is C16H13BrN2O4. The summed E-state index contributed by atoms with van der Waals surface area (Å²) in [7, 11) is 0. The van der Waals surface area contributed by atoms with Crippen LogP contribution in [0.1, 0.15) is 5.56 Å². The highest BCUT2D eigenvalue weighted by Gasteiger charge is 2.12. The van der Waals surface area contributed by atoms with Crippen LogP contribution in [0.5, 0.6) is 11.5 Å². The van der Waals surface area contributed by atoms with E-state index in [0.717, 1.165) is 10.0 Å². The van der Waals surface area contributed by atoms with Crippen molar-refractivity contribution < 1.29 is 19.1 Å². The number of rotatable bonds is 5. The second-order valence-electron chi connectivity index (χ2n) is 4.68. The van der Waals surface area contributed by atoms with E-state index in [0.29, 0.717) is 17.2 Å². The second-order valence-corrected chi connectivity index (χ2v) is 5.59. The lowest BCUT2D eigenvalue weighted by Crippen LogP contribution is -2.16. The summed E-state index contributed by atoms with van der Waals surface area (Å²) < 4.78 is 11.4. The molecule has 1 aliphatic rings. The number of carbonyl (C=O) groups excluding carboxylic acids is 1. The van der Waals surface area contributed by atoms with Crippen molar-refractivity contribution in [2.45, 2.75) is 0 Å². The number of nitrogens with one attached hydrogen (secondary N) is 1. The molecule has 1 N–H and O–H groups in total. The van der Waals surface area contributed by atoms with Crippen molar-refractivity contribution in [1.29, 1.82) is 0 Å². The van der Waals surface area contributed by atoms with Gasteiger partial charge in [0.2, 0.25) is 6.79 Å². The Morgan fingerprint density at radius 2 is 2.13 bits per heavy atom. The number of hydrogen-bond donors (Lipinski definition) is 1. The number of nitrogens with zero attached hydrogens (tertiary/aromatic N) is 1. The summed E-state index contributed by atoms with van der Waals surface area (Å²) in [4.78, 5) is 16.7. The zero-order chi connectivity index (χ0) is 16.1. The molecule has 0 unspecified atom stereocenters. The lowest BCUT2D eigenvalue weighted by atomic mass is 10.2. The molecule has 0 radical (unpaired) electrons. The molecule has 3 rings (SSSR count). The van der Waals surface area contributed by atoms with E-state index in [9.17, 15) is 4.79 Å². The van der Waals surface area contributed by atoms with E-state index in [1.54, 1.807) is 24.3 Å². The van der Waals surface area contributed by atoms with Crippen LogP contribution >= 0.6 is 15.9 Å². The standard InChI is InChI=1S/C16H13BrN2O4/c17-12-2-1-3-13(7-12)19-16(20)9-23-18-8-11-4-5-14-15(6-11)22-10-21-14/h1-8H,9-10H2,(H,19,20)/b18-8-. The molecule has 7 heteroatoms. The summed E-state index contributed by atoms with van der Waals surface area (Å²) in [6, 6.07) is 12.7. The Bertz CT molecular complexity index is 749. The summed E-state index contributed by atoms with van der Waals surface area (Å²) in [5.74, 6) is 1.09. The number of halogens is 1. The van der Waals surface area contributed by atoms with Crippen molar-refractivity contribution in [2.24, 2.45) is 5.16 Å². The molecule has 0 aliphatic carbocycles. The molecule has 6 nitrogen and oxygen atoms in total. The van der Waals surface area contributed by atoms with E-state index in [1.807, 2.05) is 18.2 Å². The van der Waals surface area contributed by atoms with Crippen LogP contribution in [0.2, 0.25) is 0 Å². The Kier molecular flexibility index (Phi) is 4.77. The molecule has 0 saturated heterocycles. The third-order valence-electron chi connectivity index (χ3n) is 2.98. The summed E-state index contributed by atoms with van der Waals surface area (Å²) in [6.45, 7) is 0.0514. The second kappa shape index (κ2) is 7.15. The average Bonchev–Trinajstić information content (AvgIpc) is 2.99. The molecule has 2 aromatic carbocycles. The van der Waals surface area contributed by atoms with E-state index < -0.39 is 0 Å². The number of ether oxygens (including phenoxy) is 2. The highest BCUT2D eigenvalue weighted by atomic mass is 79.9. The molecular weight excluding hydrogens is 364 g/mol. The summed E-state index contributed by atoms with van der Waals surface area (Å²) >= 11 is 3.34. The average molecular weight is 377 g/mol. The zero-order valence-corrected chi connectivity index (χ0v) is 13.6. The molecule has 118 valence electrons. The maximum absolute atomic E-state index is 11.7. The molecule has 0 spiro atoms. The fourth-order valence-corrected chi connectivity index (χ4v) is 2.35. The van der Waals surface area contributed by atoms with Crippen molar-refractivity contribution in [2.75, 3.05) is 18.7 Å². The lowest BCUT2D eigenvalue weighted by Gasteiger charge is -2.04. The minimum absolute atomic E-state index is 0.173. The topological polar surface area (TPSA) is 69.2 Å². The third kappa shape index (κ3) is 4.23. The maximum atomic E-state index is 11.7. The molecule has 2 aromatic rings. The number of benzene rings is 2. The van der Waals surface area contributed by atoms with Crippen LogP contribution in [0.15, 0.2) is 52.1 Å². The van der Waals surface area contributed by atoms with Crippen molar-refractivity contribution >= 4 is 33.7 Å². The molecule has 0 fully saturated rings. The fraction of sp³-hybridized carbons (Fsp3) is 0.125. The normalized spacial score (nSPS) is 12.4. The number of carbonyl (C=O) groups is 1. The minimum atomic E-state index is -0.286. The molecule has 0 bridgehead atoms. The lowest BCUT2D eigenvalue weighted by molar-refractivity contribution is -0.120. The first-order chi connectivity index (χ1) is 11.2. The van der Waals surface area contributed by atoms with Crippen LogP contribution in [0.4, 0.5) is 5.69 Å². The van der Waals surface area contributed by atoms with Gasteiger partial charge < -0.3 is 19.6 Å². The van der Waals surface area contributed by atoms with Crippen LogP contribution in [-0.4, -0.2) is 25.5 Å². The van der Waals surface area contributed by atoms with Gasteiger partial charge in [-0.25, -0.2) is 0 Å². The smallest absolute Gasteiger partial charge is 0.265 e. The summed E-state index contributed by atoms with van der Waals surface area (Å²) in [5.41, 5.74) is 1.48. The van der Waals surface area contributed by atoms with Crippen LogP contribution in [0, 0.1) is 0 Å². The Morgan fingerprint density at radius 3 is 3.00 bits per heavy atom. The predicted octanol–water partition coefficient (Wildman–Crippen LogP) is 3.17.